The van der Waals surface area contributed by atoms with E-state index in [0.717, 1.165) is 64.2 Å². The van der Waals surface area contributed by atoms with Crippen molar-refractivity contribution >= 4 is 17.9 Å². The lowest BCUT2D eigenvalue weighted by Crippen LogP contribution is -2.30. The Balaban J connectivity index is 4.27. The number of hydrogen-bond donors (Lipinski definition) is 0. The summed E-state index contributed by atoms with van der Waals surface area (Å²) >= 11 is 0. The first-order chi connectivity index (χ1) is 32.0. The van der Waals surface area contributed by atoms with Crippen LogP contribution in [0.3, 0.4) is 0 Å². The van der Waals surface area contributed by atoms with E-state index in [2.05, 4.69) is 45.1 Å². The molecule has 0 rings (SSSR count). The van der Waals surface area contributed by atoms with Crippen LogP contribution in [0.25, 0.3) is 0 Å². The smallest absolute Gasteiger partial charge is 0.306 e. The minimum Gasteiger partial charge on any atom is -0.462 e. The van der Waals surface area contributed by atoms with Crippen molar-refractivity contribution in [2.24, 2.45) is 0 Å². The fourth-order valence-electron chi connectivity index (χ4n) is 8.55. The van der Waals surface area contributed by atoms with Crippen LogP contribution in [0.5, 0.6) is 0 Å². The zero-order valence-corrected chi connectivity index (χ0v) is 43.8. The van der Waals surface area contributed by atoms with Gasteiger partial charge in [0.2, 0.25) is 0 Å². The Labute approximate surface area is 404 Å². The molecule has 0 bridgehead atoms. The standard InChI is InChI=1S/C59H110O6/c1-4-7-10-13-16-19-22-25-27-28-29-30-31-32-33-35-37-40-43-46-49-52-58(61)64-55-56(54-63-57(60)51-48-45-42-39-36-24-21-18-15-12-9-6-3)65-59(62)53-50-47-44-41-38-34-26-23-20-17-14-11-8-5-2/h18,21,28-29,56H,4-17,19-20,22-27,30-55H2,1-3H3/b21-18-,29-28-. The summed E-state index contributed by atoms with van der Waals surface area (Å²) in [6.07, 6.45) is 63.1. The normalized spacial score (nSPS) is 12.1. The summed E-state index contributed by atoms with van der Waals surface area (Å²) in [5, 5.41) is 0. The molecule has 382 valence electrons. The maximum Gasteiger partial charge on any atom is 0.306 e. The minimum absolute atomic E-state index is 0.0707. The highest BCUT2D eigenvalue weighted by atomic mass is 16.6. The predicted molar refractivity (Wildman–Crippen MR) is 279 cm³/mol. The first-order valence-electron chi connectivity index (χ1n) is 28.8. The van der Waals surface area contributed by atoms with Crippen molar-refractivity contribution < 1.29 is 28.6 Å². The Morgan fingerprint density at radius 1 is 0.292 bits per heavy atom. The lowest BCUT2D eigenvalue weighted by molar-refractivity contribution is -0.167. The van der Waals surface area contributed by atoms with Crippen LogP contribution >= 0.6 is 0 Å². The quantitative estimate of drug-likeness (QED) is 0.0262. The second-order valence-corrected chi connectivity index (χ2v) is 19.6. The van der Waals surface area contributed by atoms with E-state index in [9.17, 15) is 14.4 Å². The maximum absolute atomic E-state index is 12.8. The average Bonchev–Trinajstić information content (AvgIpc) is 3.30. The third-order valence-corrected chi connectivity index (χ3v) is 12.9. The fourth-order valence-corrected chi connectivity index (χ4v) is 8.55. The van der Waals surface area contributed by atoms with E-state index in [1.165, 1.54) is 212 Å². The summed E-state index contributed by atoms with van der Waals surface area (Å²) < 4.78 is 16.9. The van der Waals surface area contributed by atoms with Crippen molar-refractivity contribution in [3.63, 3.8) is 0 Å². The molecule has 0 spiro atoms. The van der Waals surface area contributed by atoms with Crippen molar-refractivity contribution in [2.45, 2.75) is 322 Å². The van der Waals surface area contributed by atoms with Gasteiger partial charge in [-0.1, -0.05) is 251 Å². The SMILES string of the molecule is CCCCC/C=C\CCCCCCCC(=O)OCC(COC(=O)CCCCCCCCCCC/C=C\CCCCCCCCCC)OC(=O)CCCCCCCCCCCCCCCC. The highest BCUT2D eigenvalue weighted by molar-refractivity contribution is 5.71. The van der Waals surface area contributed by atoms with Gasteiger partial charge >= 0.3 is 17.9 Å². The van der Waals surface area contributed by atoms with Crippen molar-refractivity contribution in [3.05, 3.63) is 24.3 Å². The Morgan fingerprint density at radius 2 is 0.508 bits per heavy atom. The molecule has 0 aromatic rings. The molecule has 0 amide bonds. The number of esters is 3. The molecule has 0 aliphatic rings. The number of rotatable bonds is 53. The average molecular weight is 916 g/mol. The second-order valence-electron chi connectivity index (χ2n) is 19.6. The van der Waals surface area contributed by atoms with Gasteiger partial charge in [-0.3, -0.25) is 14.4 Å². The molecule has 0 saturated carbocycles. The number of allylic oxidation sites excluding steroid dienone is 4. The van der Waals surface area contributed by atoms with Crippen LogP contribution in [0.2, 0.25) is 0 Å². The summed E-state index contributed by atoms with van der Waals surface area (Å²) in [7, 11) is 0. The van der Waals surface area contributed by atoms with Crippen molar-refractivity contribution in [2.75, 3.05) is 13.2 Å². The van der Waals surface area contributed by atoms with E-state index >= 15 is 0 Å². The maximum atomic E-state index is 12.8. The van der Waals surface area contributed by atoms with Gasteiger partial charge in [0.1, 0.15) is 13.2 Å². The van der Waals surface area contributed by atoms with Crippen LogP contribution in [0.4, 0.5) is 0 Å². The molecule has 65 heavy (non-hydrogen) atoms. The first kappa shape index (κ1) is 62.9. The molecule has 0 aromatic heterocycles. The highest BCUT2D eigenvalue weighted by Gasteiger charge is 2.19. The summed E-state index contributed by atoms with van der Waals surface area (Å²) in [4.78, 5) is 38.1. The molecule has 0 aliphatic heterocycles. The molecular formula is C59H110O6. The van der Waals surface area contributed by atoms with Crippen LogP contribution in [0.15, 0.2) is 24.3 Å². The van der Waals surface area contributed by atoms with Gasteiger partial charge in [0.05, 0.1) is 0 Å². The zero-order valence-electron chi connectivity index (χ0n) is 43.8. The molecule has 0 fully saturated rings. The van der Waals surface area contributed by atoms with Crippen LogP contribution in [-0.2, 0) is 28.6 Å². The van der Waals surface area contributed by atoms with Crippen LogP contribution in [0, 0.1) is 0 Å². The topological polar surface area (TPSA) is 78.9 Å². The molecule has 1 unspecified atom stereocenters. The highest BCUT2D eigenvalue weighted by Crippen LogP contribution is 2.16. The number of carbonyl (C=O) groups is 3. The number of hydrogen-bond acceptors (Lipinski definition) is 6. The van der Waals surface area contributed by atoms with Crippen molar-refractivity contribution in [1.29, 1.82) is 0 Å². The van der Waals surface area contributed by atoms with Crippen molar-refractivity contribution in [3.8, 4) is 0 Å². The van der Waals surface area contributed by atoms with Gasteiger partial charge < -0.3 is 14.2 Å². The summed E-state index contributed by atoms with van der Waals surface area (Å²) in [6.45, 7) is 6.65. The van der Waals surface area contributed by atoms with Gasteiger partial charge in [-0.2, -0.15) is 0 Å². The Morgan fingerprint density at radius 3 is 0.800 bits per heavy atom. The molecule has 0 radical (unpaired) electrons. The van der Waals surface area contributed by atoms with Crippen LogP contribution in [0.1, 0.15) is 316 Å². The number of carbonyl (C=O) groups excluding carboxylic acids is 3. The molecule has 0 aliphatic carbocycles. The van der Waals surface area contributed by atoms with E-state index in [-0.39, 0.29) is 31.1 Å². The molecular weight excluding hydrogens is 805 g/mol. The third-order valence-electron chi connectivity index (χ3n) is 12.9. The van der Waals surface area contributed by atoms with E-state index in [0.29, 0.717) is 19.3 Å². The predicted octanol–water partition coefficient (Wildman–Crippen LogP) is 19.1. The van der Waals surface area contributed by atoms with Crippen molar-refractivity contribution in [1.82, 2.24) is 0 Å². The molecule has 0 heterocycles. The lowest BCUT2D eigenvalue weighted by Gasteiger charge is -2.18. The third kappa shape index (κ3) is 52.7. The van der Waals surface area contributed by atoms with E-state index in [4.69, 9.17) is 14.2 Å². The second kappa shape index (κ2) is 54.5. The first-order valence-corrected chi connectivity index (χ1v) is 28.8. The summed E-state index contributed by atoms with van der Waals surface area (Å²) in [5.41, 5.74) is 0. The van der Waals surface area contributed by atoms with E-state index in [1.54, 1.807) is 0 Å². The van der Waals surface area contributed by atoms with Gasteiger partial charge in [0.15, 0.2) is 6.10 Å². The monoisotopic (exact) mass is 915 g/mol. The largest absolute Gasteiger partial charge is 0.462 e. The Kier molecular flexibility index (Phi) is 52.7. The summed E-state index contributed by atoms with van der Waals surface area (Å²) in [5.74, 6) is -0.864. The van der Waals surface area contributed by atoms with Crippen LogP contribution < -0.4 is 0 Å². The molecule has 0 N–H and O–H groups in total. The Bertz CT molecular complexity index is 1050. The van der Waals surface area contributed by atoms with Gasteiger partial charge in [-0.25, -0.2) is 0 Å². The molecule has 0 saturated heterocycles. The zero-order chi connectivity index (χ0) is 47.2. The van der Waals surface area contributed by atoms with Gasteiger partial charge in [0, 0.05) is 19.3 Å². The minimum atomic E-state index is -0.771. The van der Waals surface area contributed by atoms with Gasteiger partial charge in [0.25, 0.3) is 0 Å². The van der Waals surface area contributed by atoms with Crippen LogP contribution in [-0.4, -0.2) is 37.2 Å². The van der Waals surface area contributed by atoms with Gasteiger partial charge in [-0.15, -0.1) is 0 Å². The molecule has 1 atom stereocenters. The van der Waals surface area contributed by atoms with E-state index < -0.39 is 6.10 Å². The van der Waals surface area contributed by atoms with Gasteiger partial charge in [-0.05, 0) is 70.6 Å². The Hall–Kier alpha value is -2.11. The molecule has 0 aromatic carbocycles. The fraction of sp³-hybridized carbons (Fsp3) is 0.881. The number of unbranched alkanes of at least 4 members (excludes halogenated alkanes) is 38. The summed E-state index contributed by atoms with van der Waals surface area (Å²) in [6, 6.07) is 0. The molecule has 6 heteroatoms. The number of ether oxygens (including phenoxy) is 3. The lowest BCUT2D eigenvalue weighted by atomic mass is 10.0. The molecule has 6 nitrogen and oxygen atoms in total. The van der Waals surface area contributed by atoms with E-state index in [1.807, 2.05) is 0 Å².